The molecule has 1 N–H and O–H groups in total. The number of anilines is 1. The van der Waals surface area contributed by atoms with E-state index in [2.05, 4.69) is 5.32 Å². The number of hydrogen-bond acceptors (Lipinski definition) is 2. The van der Waals surface area contributed by atoms with Crippen molar-refractivity contribution < 1.29 is 13.2 Å². The molecule has 1 aromatic carbocycles. The molecule has 0 aliphatic carbocycles. The number of nitrogens with one attached hydrogen (secondary N) is 1. The number of hydrogen-bond donors (Lipinski definition) is 1. The van der Waals surface area contributed by atoms with Gasteiger partial charge in [0.05, 0.1) is 6.54 Å². The van der Waals surface area contributed by atoms with Gasteiger partial charge in [-0.2, -0.15) is 0 Å². The average Bonchev–Trinajstić information content (AvgIpc) is 2.82. The van der Waals surface area contributed by atoms with E-state index in [0.29, 0.717) is 11.3 Å². The van der Waals surface area contributed by atoms with Crippen molar-refractivity contribution in [3.63, 3.8) is 0 Å². The van der Waals surface area contributed by atoms with Crippen molar-refractivity contribution in [2.75, 3.05) is 5.32 Å². The van der Waals surface area contributed by atoms with Crippen LogP contribution in [0.2, 0.25) is 0 Å². The summed E-state index contributed by atoms with van der Waals surface area (Å²) >= 11 is 0. The van der Waals surface area contributed by atoms with Crippen molar-refractivity contribution >= 4 is 5.69 Å². The molecule has 0 spiro atoms. The first-order valence-corrected chi connectivity index (χ1v) is 5.88. The second-order valence-corrected chi connectivity index (χ2v) is 4.13. The molecule has 2 rings (SSSR count). The Kier molecular flexibility index (Phi) is 3.65. The fraction of sp³-hybridized carbons (Fsp3) is 0.286. The Bertz CT molecular complexity index is 549. The number of benzene rings is 1. The van der Waals surface area contributed by atoms with Crippen molar-refractivity contribution in [1.82, 2.24) is 0 Å². The van der Waals surface area contributed by atoms with Crippen LogP contribution in [0.1, 0.15) is 24.0 Å². The topological polar surface area (TPSA) is 25.2 Å². The van der Waals surface area contributed by atoms with E-state index in [0.717, 1.165) is 12.2 Å². The molecule has 96 valence electrons. The van der Waals surface area contributed by atoms with E-state index in [4.69, 9.17) is 4.42 Å². The minimum absolute atomic E-state index is 0.107. The predicted octanol–water partition coefficient (Wildman–Crippen LogP) is 4.04. The largest absolute Gasteiger partial charge is 0.464 e. The maximum Gasteiger partial charge on any atom is 0.152 e. The van der Waals surface area contributed by atoms with E-state index in [1.807, 2.05) is 13.0 Å². The Morgan fingerprint density at radius 2 is 1.83 bits per heavy atom. The third kappa shape index (κ3) is 2.53. The fourth-order valence-corrected chi connectivity index (χ4v) is 1.70. The standard InChI is InChI=1S/C14H15F2NO/c1-3-10-5-6-11(18-10)8-17-14-12(15)7-4-9(2)13(14)16/h4-7,17H,3,8H2,1-2H3. The van der Waals surface area contributed by atoms with Crippen LogP contribution in [0.4, 0.5) is 14.5 Å². The number of aryl methyl sites for hydroxylation is 2. The first kappa shape index (κ1) is 12.6. The quantitative estimate of drug-likeness (QED) is 0.887. The van der Waals surface area contributed by atoms with Crippen molar-refractivity contribution in [2.24, 2.45) is 0 Å². The van der Waals surface area contributed by atoms with Crippen LogP contribution >= 0.6 is 0 Å². The summed E-state index contributed by atoms with van der Waals surface area (Å²) in [5, 5.41) is 2.73. The van der Waals surface area contributed by atoms with Crippen LogP contribution in [0.3, 0.4) is 0 Å². The molecule has 1 aromatic heterocycles. The van der Waals surface area contributed by atoms with Crippen LogP contribution in [0.25, 0.3) is 0 Å². The first-order valence-electron chi connectivity index (χ1n) is 5.88. The summed E-state index contributed by atoms with van der Waals surface area (Å²) in [7, 11) is 0. The summed E-state index contributed by atoms with van der Waals surface area (Å²) in [4.78, 5) is 0. The number of furan rings is 1. The highest BCUT2D eigenvalue weighted by Crippen LogP contribution is 2.22. The van der Waals surface area contributed by atoms with Gasteiger partial charge in [0.15, 0.2) is 5.82 Å². The van der Waals surface area contributed by atoms with E-state index < -0.39 is 11.6 Å². The molecule has 0 radical (unpaired) electrons. The zero-order valence-corrected chi connectivity index (χ0v) is 10.4. The van der Waals surface area contributed by atoms with Gasteiger partial charge in [-0.25, -0.2) is 8.78 Å². The predicted molar refractivity (Wildman–Crippen MR) is 66.5 cm³/mol. The van der Waals surface area contributed by atoms with Gasteiger partial charge in [0, 0.05) is 6.42 Å². The Balaban J connectivity index is 2.12. The zero-order chi connectivity index (χ0) is 13.1. The summed E-state index contributed by atoms with van der Waals surface area (Å²) in [5.74, 6) is 0.363. The van der Waals surface area contributed by atoms with Gasteiger partial charge in [0.2, 0.25) is 0 Å². The molecule has 4 heteroatoms. The SMILES string of the molecule is CCc1ccc(CNc2c(F)ccc(C)c2F)o1. The average molecular weight is 251 g/mol. The molecule has 0 bridgehead atoms. The van der Waals surface area contributed by atoms with Crippen LogP contribution in [0.5, 0.6) is 0 Å². The normalized spacial score (nSPS) is 10.7. The molecule has 0 saturated carbocycles. The molecule has 0 saturated heterocycles. The summed E-state index contributed by atoms with van der Waals surface area (Å²) < 4.78 is 32.6. The first-order chi connectivity index (χ1) is 8.61. The maximum atomic E-state index is 13.7. The highest BCUT2D eigenvalue weighted by Gasteiger charge is 2.11. The lowest BCUT2D eigenvalue weighted by atomic mass is 10.2. The summed E-state index contributed by atoms with van der Waals surface area (Å²) in [5.41, 5.74) is 0.303. The van der Waals surface area contributed by atoms with Crippen LogP contribution in [-0.4, -0.2) is 0 Å². The monoisotopic (exact) mass is 251 g/mol. The van der Waals surface area contributed by atoms with Gasteiger partial charge in [-0.15, -0.1) is 0 Å². The molecule has 18 heavy (non-hydrogen) atoms. The highest BCUT2D eigenvalue weighted by molar-refractivity contribution is 5.49. The van der Waals surface area contributed by atoms with Crippen LogP contribution in [-0.2, 0) is 13.0 Å². The molecule has 0 unspecified atom stereocenters. The maximum absolute atomic E-state index is 13.7. The minimum atomic E-state index is -0.597. The van der Waals surface area contributed by atoms with Gasteiger partial charge in [0.25, 0.3) is 0 Å². The number of halogens is 2. The summed E-state index contributed by atoms with van der Waals surface area (Å²) in [6.07, 6.45) is 0.799. The number of rotatable bonds is 4. The lowest BCUT2D eigenvalue weighted by Crippen LogP contribution is -2.04. The summed E-state index contributed by atoms with van der Waals surface area (Å²) in [6, 6.07) is 6.33. The third-order valence-corrected chi connectivity index (χ3v) is 2.79. The van der Waals surface area contributed by atoms with Gasteiger partial charge in [-0.3, -0.25) is 0 Å². The molecule has 0 aliphatic heterocycles. The second-order valence-electron chi connectivity index (χ2n) is 4.13. The molecular weight excluding hydrogens is 236 g/mol. The molecule has 2 aromatic rings. The molecule has 0 atom stereocenters. The lowest BCUT2D eigenvalue weighted by Gasteiger charge is -2.09. The second kappa shape index (κ2) is 5.21. The van der Waals surface area contributed by atoms with Crippen molar-refractivity contribution in [3.05, 3.63) is 53.0 Å². The van der Waals surface area contributed by atoms with E-state index in [9.17, 15) is 8.78 Å². The van der Waals surface area contributed by atoms with Gasteiger partial charge < -0.3 is 9.73 Å². The fourth-order valence-electron chi connectivity index (χ4n) is 1.70. The molecule has 0 amide bonds. The van der Waals surface area contributed by atoms with Crippen molar-refractivity contribution in [1.29, 1.82) is 0 Å². The Hall–Kier alpha value is -1.84. The van der Waals surface area contributed by atoms with Gasteiger partial charge in [-0.1, -0.05) is 13.0 Å². The highest BCUT2D eigenvalue weighted by atomic mass is 19.1. The smallest absolute Gasteiger partial charge is 0.152 e. The molecular formula is C14H15F2NO. The van der Waals surface area contributed by atoms with Crippen LogP contribution in [0.15, 0.2) is 28.7 Å². The van der Waals surface area contributed by atoms with E-state index in [1.54, 1.807) is 13.0 Å². The van der Waals surface area contributed by atoms with E-state index in [-0.39, 0.29) is 12.2 Å². The molecule has 1 heterocycles. The third-order valence-electron chi connectivity index (χ3n) is 2.79. The van der Waals surface area contributed by atoms with Crippen molar-refractivity contribution in [3.8, 4) is 0 Å². The van der Waals surface area contributed by atoms with Crippen LogP contribution < -0.4 is 5.32 Å². The van der Waals surface area contributed by atoms with E-state index >= 15 is 0 Å². The molecule has 0 aliphatic rings. The van der Waals surface area contributed by atoms with Gasteiger partial charge in [-0.05, 0) is 30.7 Å². The zero-order valence-electron chi connectivity index (χ0n) is 10.4. The Morgan fingerprint density at radius 1 is 1.11 bits per heavy atom. The van der Waals surface area contributed by atoms with E-state index in [1.165, 1.54) is 12.1 Å². The summed E-state index contributed by atoms with van der Waals surface area (Å²) in [6.45, 7) is 3.84. The lowest BCUT2D eigenvalue weighted by molar-refractivity contribution is 0.475. The van der Waals surface area contributed by atoms with Crippen LogP contribution in [0, 0.1) is 18.6 Å². The van der Waals surface area contributed by atoms with Gasteiger partial charge in [0.1, 0.15) is 23.0 Å². The minimum Gasteiger partial charge on any atom is -0.464 e. The molecule has 0 fully saturated rings. The Labute approximate surface area is 105 Å². The van der Waals surface area contributed by atoms with Crippen molar-refractivity contribution in [2.45, 2.75) is 26.8 Å². The Morgan fingerprint density at radius 3 is 2.50 bits per heavy atom. The molecule has 2 nitrogen and oxygen atoms in total. The van der Waals surface area contributed by atoms with Gasteiger partial charge >= 0.3 is 0 Å².